The van der Waals surface area contributed by atoms with Gasteiger partial charge in [-0.15, -0.1) is 0 Å². The summed E-state index contributed by atoms with van der Waals surface area (Å²) in [5.41, 5.74) is -0.924. The van der Waals surface area contributed by atoms with Gasteiger partial charge in [0.25, 0.3) is 0 Å². The molecule has 1 unspecified atom stereocenters. The molecule has 1 aliphatic heterocycles. The van der Waals surface area contributed by atoms with E-state index in [1.807, 2.05) is 0 Å². The molecule has 0 aromatic rings. The molecule has 3 N–H and O–H groups in total. The second kappa shape index (κ2) is 5.22. The number of aliphatic hydroxyl groups is 1. The third-order valence-electron chi connectivity index (χ3n) is 3.89. The van der Waals surface area contributed by atoms with Gasteiger partial charge in [0.1, 0.15) is 0 Å². The molecule has 7 heteroatoms. The van der Waals surface area contributed by atoms with Crippen LogP contribution in [0.25, 0.3) is 0 Å². The predicted molar refractivity (Wildman–Crippen MR) is 69.3 cm³/mol. The summed E-state index contributed by atoms with van der Waals surface area (Å²) in [6, 6.07) is -0.258. The van der Waals surface area contributed by atoms with Crippen molar-refractivity contribution in [2.24, 2.45) is 5.92 Å². The SMILES string of the molecule is O=C(O)C1CCC(O)(CNC2C=CS(=O)(=O)C2)CC1. The average molecular weight is 289 g/mol. The van der Waals surface area contributed by atoms with Crippen molar-refractivity contribution in [3.05, 3.63) is 11.5 Å². The summed E-state index contributed by atoms with van der Waals surface area (Å²) in [4.78, 5) is 10.8. The second-order valence-corrected chi connectivity index (χ2v) is 7.41. The lowest BCUT2D eigenvalue weighted by Gasteiger charge is -2.35. The fraction of sp³-hybridized carbons (Fsp3) is 0.750. The van der Waals surface area contributed by atoms with Gasteiger partial charge in [-0.2, -0.15) is 0 Å². The predicted octanol–water partition coefficient (Wildman–Crippen LogP) is -0.107. The molecule has 19 heavy (non-hydrogen) atoms. The summed E-state index contributed by atoms with van der Waals surface area (Å²) in [6.07, 6.45) is 3.38. The van der Waals surface area contributed by atoms with Crippen LogP contribution in [0.4, 0.5) is 0 Å². The summed E-state index contributed by atoms with van der Waals surface area (Å²) in [6.45, 7) is 0.296. The molecule has 6 nitrogen and oxygen atoms in total. The van der Waals surface area contributed by atoms with Crippen LogP contribution in [0.2, 0.25) is 0 Å². The Kier molecular flexibility index (Phi) is 3.98. The number of hydrogen-bond acceptors (Lipinski definition) is 5. The molecule has 1 saturated carbocycles. The van der Waals surface area contributed by atoms with Crippen molar-refractivity contribution in [1.82, 2.24) is 5.32 Å². The van der Waals surface area contributed by atoms with E-state index in [0.29, 0.717) is 32.2 Å². The Morgan fingerprint density at radius 1 is 1.37 bits per heavy atom. The summed E-state index contributed by atoms with van der Waals surface area (Å²) < 4.78 is 22.5. The van der Waals surface area contributed by atoms with Crippen molar-refractivity contribution in [3.63, 3.8) is 0 Å². The lowest BCUT2D eigenvalue weighted by atomic mass is 9.78. The number of sulfone groups is 1. The molecule has 1 atom stereocenters. The first kappa shape index (κ1) is 14.5. The van der Waals surface area contributed by atoms with E-state index in [4.69, 9.17) is 5.11 Å². The van der Waals surface area contributed by atoms with E-state index in [0.717, 1.165) is 0 Å². The fourth-order valence-corrected chi connectivity index (χ4v) is 3.87. The van der Waals surface area contributed by atoms with Crippen molar-refractivity contribution >= 4 is 15.8 Å². The Balaban J connectivity index is 1.81. The highest BCUT2D eigenvalue weighted by Gasteiger charge is 2.36. The van der Waals surface area contributed by atoms with Gasteiger partial charge in [-0.25, -0.2) is 8.42 Å². The second-order valence-electron chi connectivity index (χ2n) is 5.48. The highest BCUT2D eigenvalue weighted by Crippen LogP contribution is 2.32. The van der Waals surface area contributed by atoms with Crippen molar-refractivity contribution < 1.29 is 23.4 Å². The van der Waals surface area contributed by atoms with E-state index in [2.05, 4.69) is 5.32 Å². The number of carbonyl (C=O) groups is 1. The molecule has 1 fully saturated rings. The lowest BCUT2D eigenvalue weighted by molar-refractivity contribution is -0.144. The number of carboxylic acids is 1. The molecule has 0 spiro atoms. The fourth-order valence-electron chi connectivity index (χ4n) is 2.60. The molecule has 2 aliphatic rings. The highest BCUT2D eigenvalue weighted by atomic mass is 32.2. The monoisotopic (exact) mass is 289 g/mol. The van der Waals surface area contributed by atoms with Crippen LogP contribution in [-0.2, 0) is 14.6 Å². The summed E-state index contributed by atoms with van der Waals surface area (Å²) >= 11 is 0. The zero-order valence-corrected chi connectivity index (χ0v) is 11.4. The van der Waals surface area contributed by atoms with Gasteiger partial charge in [-0.05, 0) is 25.7 Å². The minimum Gasteiger partial charge on any atom is -0.481 e. The van der Waals surface area contributed by atoms with Crippen molar-refractivity contribution in [3.8, 4) is 0 Å². The molecular formula is C12H19NO5S. The molecule has 0 radical (unpaired) electrons. The van der Waals surface area contributed by atoms with Crippen molar-refractivity contribution in [2.45, 2.75) is 37.3 Å². The van der Waals surface area contributed by atoms with Gasteiger partial charge in [-0.1, -0.05) is 6.08 Å². The Morgan fingerprint density at radius 2 is 2.00 bits per heavy atom. The van der Waals surface area contributed by atoms with E-state index in [1.165, 1.54) is 5.41 Å². The minimum atomic E-state index is -3.09. The molecule has 0 bridgehead atoms. The molecule has 1 heterocycles. The van der Waals surface area contributed by atoms with Gasteiger partial charge in [0.05, 0.1) is 17.3 Å². The first-order valence-corrected chi connectivity index (χ1v) is 8.11. The first-order valence-electron chi connectivity index (χ1n) is 6.39. The Morgan fingerprint density at radius 3 is 2.47 bits per heavy atom. The molecule has 0 amide bonds. The van der Waals surface area contributed by atoms with Gasteiger partial charge in [0.15, 0.2) is 9.84 Å². The van der Waals surface area contributed by atoms with Crippen molar-refractivity contribution in [2.75, 3.05) is 12.3 Å². The Labute approximate surface area is 112 Å². The maximum Gasteiger partial charge on any atom is 0.306 e. The van der Waals surface area contributed by atoms with Crippen LogP contribution < -0.4 is 5.32 Å². The van der Waals surface area contributed by atoms with Crippen LogP contribution in [0.5, 0.6) is 0 Å². The third-order valence-corrected chi connectivity index (χ3v) is 5.28. The molecule has 2 rings (SSSR count). The number of carboxylic acid groups (broad SMARTS) is 1. The standard InChI is InChI=1S/C12H19NO5S/c14-11(15)9-1-4-12(16,5-2-9)8-13-10-3-6-19(17,18)7-10/h3,6,9-10,13,16H,1-2,4-5,7-8H2,(H,14,15). The first-order chi connectivity index (χ1) is 8.80. The molecule has 108 valence electrons. The Bertz CT molecular complexity index is 476. The maximum atomic E-state index is 11.2. The van der Waals surface area contributed by atoms with Gasteiger partial charge < -0.3 is 15.5 Å². The van der Waals surface area contributed by atoms with E-state index < -0.39 is 21.4 Å². The van der Waals surface area contributed by atoms with Crippen LogP contribution in [0, 0.1) is 5.92 Å². The summed E-state index contributed by atoms with van der Waals surface area (Å²) in [5, 5.41) is 23.4. The van der Waals surface area contributed by atoms with Crippen LogP contribution in [0.3, 0.4) is 0 Å². The smallest absolute Gasteiger partial charge is 0.306 e. The quantitative estimate of drug-likeness (QED) is 0.667. The lowest BCUT2D eigenvalue weighted by Crippen LogP contribution is -2.47. The van der Waals surface area contributed by atoms with E-state index in [9.17, 15) is 18.3 Å². The van der Waals surface area contributed by atoms with Gasteiger partial charge in [0, 0.05) is 18.0 Å². The number of rotatable bonds is 4. The normalized spacial score (nSPS) is 37.3. The van der Waals surface area contributed by atoms with E-state index in [1.54, 1.807) is 6.08 Å². The van der Waals surface area contributed by atoms with Gasteiger partial charge in [0.2, 0.25) is 0 Å². The average Bonchev–Trinajstić information content (AvgIpc) is 2.67. The minimum absolute atomic E-state index is 0.0286. The molecular weight excluding hydrogens is 270 g/mol. The van der Waals surface area contributed by atoms with Crippen LogP contribution in [0.1, 0.15) is 25.7 Å². The number of aliphatic carboxylic acids is 1. The van der Waals surface area contributed by atoms with Gasteiger partial charge in [-0.3, -0.25) is 4.79 Å². The molecule has 0 saturated heterocycles. The zero-order chi connectivity index (χ0) is 14.1. The largest absolute Gasteiger partial charge is 0.481 e. The molecule has 1 aliphatic carbocycles. The molecule has 0 aromatic heterocycles. The topological polar surface area (TPSA) is 104 Å². The number of nitrogens with one attached hydrogen (secondary N) is 1. The van der Waals surface area contributed by atoms with E-state index >= 15 is 0 Å². The maximum absolute atomic E-state index is 11.2. The summed E-state index contributed by atoms with van der Waals surface area (Å²) in [7, 11) is -3.09. The van der Waals surface area contributed by atoms with Crippen LogP contribution in [0.15, 0.2) is 11.5 Å². The zero-order valence-electron chi connectivity index (χ0n) is 10.6. The summed E-state index contributed by atoms with van der Waals surface area (Å²) in [5.74, 6) is -1.15. The van der Waals surface area contributed by atoms with Crippen molar-refractivity contribution in [1.29, 1.82) is 0 Å². The third kappa shape index (κ3) is 3.77. The van der Waals surface area contributed by atoms with Gasteiger partial charge >= 0.3 is 5.97 Å². The van der Waals surface area contributed by atoms with Crippen LogP contribution >= 0.6 is 0 Å². The molecule has 0 aromatic carbocycles. The Hall–Kier alpha value is -0.920. The number of hydrogen-bond donors (Lipinski definition) is 3. The highest BCUT2D eigenvalue weighted by molar-refractivity contribution is 7.94. The van der Waals surface area contributed by atoms with E-state index in [-0.39, 0.29) is 17.7 Å². The van der Waals surface area contributed by atoms with Crippen LogP contribution in [-0.4, -0.2) is 48.5 Å².